The van der Waals surface area contributed by atoms with Gasteiger partial charge in [0.1, 0.15) is 6.54 Å². The van der Waals surface area contributed by atoms with Gasteiger partial charge < -0.3 is 4.90 Å². The Labute approximate surface area is 144 Å². The first-order valence-corrected chi connectivity index (χ1v) is 8.79. The normalized spacial score (nSPS) is 21.8. The van der Waals surface area contributed by atoms with Crippen LogP contribution in [-0.4, -0.2) is 35.5 Å². The highest BCUT2D eigenvalue weighted by atomic mass is 16.2. The number of amides is 2. The second-order valence-electron chi connectivity index (χ2n) is 7.47. The van der Waals surface area contributed by atoms with Gasteiger partial charge in [0.05, 0.1) is 5.71 Å². The number of hydrogen-bond acceptors (Lipinski definition) is 3. The molecule has 1 aliphatic carbocycles. The largest absolute Gasteiger partial charge is 0.333 e. The van der Waals surface area contributed by atoms with Gasteiger partial charge in [-0.2, -0.15) is 5.10 Å². The molecule has 132 valence electrons. The summed E-state index contributed by atoms with van der Waals surface area (Å²) < 4.78 is 0. The summed E-state index contributed by atoms with van der Waals surface area (Å²) in [4.78, 5) is 25.0. The van der Waals surface area contributed by atoms with E-state index in [1.165, 1.54) is 24.0 Å². The van der Waals surface area contributed by atoms with Gasteiger partial charge in [0.2, 0.25) is 5.91 Å². The van der Waals surface area contributed by atoms with E-state index in [-0.39, 0.29) is 23.8 Å². The Hall–Kier alpha value is -1.91. The maximum atomic E-state index is 11.9. The molecule has 2 amide bonds. The highest BCUT2D eigenvalue weighted by Gasteiger charge is 2.26. The van der Waals surface area contributed by atoms with Crippen LogP contribution in [0.25, 0.3) is 0 Å². The summed E-state index contributed by atoms with van der Waals surface area (Å²) in [5, 5.41) is 4.12. The lowest BCUT2D eigenvalue weighted by Gasteiger charge is -2.32. The van der Waals surface area contributed by atoms with Gasteiger partial charge in [0, 0.05) is 13.0 Å². The molecule has 1 N–H and O–H groups in total. The second-order valence-corrected chi connectivity index (χ2v) is 7.47. The van der Waals surface area contributed by atoms with Crippen molar-refractivity contribution in [1.82, 2.24) is 10.3 Å². The van der Waals surface area contributed by atoms with Crippen molar-refractivity contribution in [2.45, 2.75) is 59.8 Å². The molecule has 0 radical (unpaired) electrons. The molecule has 2 aliphatic rings. The van der Waals surface area contributed by atoms with Gasteiger partial charge >= 0.3 is 0 Å². The van der Waals surface area contributed by atoms with E-state index in [0.717, 1.165) is 18.6 Å². The van der Waals surface area contributed by atoms with E-state index in [9.17, 15) is 9.59 Å². The van der Waals surface area contributed by atoms with Gasteiger partial charge in [-0.3, -0.25) is 9.59 Å². The van der Waals surface area contributed by atoms with Crippen molar-refractivity contribution in [2.24, 2.45) is 10.5 Å². The first-order chi connectivity index (χ1) is 11.3. The summed E-state index contributed by atoms with van der Waals surface area (Å²) >= 11 is 0. The van der Waals surface area contributed by atoms with E-state index in [0.29, 0.717) is 13.0 Å². The van der Waals surface area contributed by atoms with Gasteiger partial charge in [-0.15, -0.1) is 0 Å². The van der Waals surface area contributed by atoms with Gasteiger partial charge in [-0.05, 0) is 56.6 Å². The SMILES string of the molecule is CC(C=CC1=C(C)CCCC1(C)C)=NNC(=O)CN1CCCC1=O. The molecule has 5 heteroatoms. The van der Waals surface area contributed by atoms with Crippen molar-refractivity contribution in [2.75, 3.05) is 13.1 Å². The van der Waals surface area contributed by atoms with E-state index >= 15 is 0 Å². The van der Waals surface area contributed by atoms with Crippen molar-refractivity contribution in [3.63, 3.8) is 0 Å². The minimum absolute atomic E-state index is 0.0488. The molecule has 1 heterocycles. The standard InChI is InChI=1S/C19H29N3O2/c1-14-7-5-11-19(3,4)16(14)10-9-15(2)20-21-17(23)13-22-12-6-8-18(22)24/h9-10H,5-8,11-13H2,1-4H3,(H,21,23). The minimum atomic E-state index is -0.244. The number of carbonyl (C=O) groups excluding carboxylic acids is 2. The Morgan fingerprint density at radius 2 is 2.08 bits per heavy atom. The zero-order chi connectivity index (χ0) is 17.7. The highest BCUT2D eigenvalue weighted by Crippen LogP contribution is 2.40. The summed E-state index contributed by atoms with van der Waals surface area (Å²) in [6.45, 7) is 9.37. The van der Waals surface area contributed by atoms with Crippen LogP contribution < -0.4 is 5.43 Å². The van der Waals surface area contributed by atoms with Crippen LogP contribution in [0.1, 0.15) is 59.8 Å². The highest BCUT2D eigenvalue weighted by molar-refractivity contribution is 5.94. The maximum absolute atomic E-state index is 11.9. The lowest BCUT2D eigenvalue weighted by Crippen LogP contribution is -2.36. The molecule has 2 rings (SSSR count). The zero-order valence-electron chi connectivity index (χ0n) is 15.3. The Morgan fingerprint density at radius 3 is 2.71 bits per heavy atom. The van der Waals surface area contributed by atoms with E-state index in [4.69, 9.17) is 0 Å². The lowest BCUT2D eigenvalue weighted by atomic mass is 9.72. The van der Waals surface area contributed by atoms with Crippen molar-refractivity contribution < 1.29 is 9.59 Å². The minimum Gasteiger partial charge on any atom is -0.333 e. The van der Waals surface area contributed by atoms with Crippen LogP contribution in [0.3, 0.4) is 0 Å². The van der Waals surface area contributed by atoms with E-state index < -0.39 is 0 Å². The van der Waals surface area contributed by atoms with Crippen molar-refractivity contribution in [3.05, 3.63) is 23.3 Å². The van der Waals surface area contributed by atoms with Crippen molar-refractivity contribution >= 4 is 17.5 Å². The Kier molecular flexibility index (Phi) is 5.97. The quantitative estimate of drug-likeness (QED) is 0.621. The average molecular weight is 331 g/mol. The van der Waals surface area contributed by atoms with Crippen molar-refractivity contribution in [3.8, 4) is 0 Å². The van der Waals surface area contributed by atoms with Crippen LogP contribution in [0.5, 0.6) is 0 Å². The first-order valence-electron chi connectivity index (χ1n) is 8.79. The molecular weight excluding hydrogens is 302 g/mol. The molecule has 1 aliphatic heterocycles. The lowest BCUT2D eigenvalue weighted by molar-refractivity contribution is -0.133. The van der Waals surface area contributed by atoms with Gasteiger partial charge in [-0.25, -0.2) is 5.43 Å². The molecule has 0 unspecified atom stereocenters. The maximum Gasteiger partial charge on any atom is 0.259 e. The summed E-state index contributed by atoms with van der Waals surface area (Å²) in [7, 11) is 0. The molecule has 1 saturated heterocycles. The van der Waals surface area contributed by atoms with Gasteiger partial charge in [-0.1, -0.05) is 25.5 Å². The van der Waals surface area contributed by atoms with E-state index in [2.05, 4.69) is 37.4 Å². The van der Waals surface area contributed by atoms with E-state index in [1.807, 2.05) is 13.0 Å². The first kappa shape index (κ1) is 18.4. The molecule has 0 atom stereocenters. The number of nitrogens with one attached hydrogen (secondary N) is 1. The summed E-state index contributed by atoms with van der Waals surface area (Å²) in [5.41, 5.74) is 6.29. The van der Waals surface area contributed by atoms with Crippen LogP contribution in [0.4, 0.5) is 0 Å². The fourth-order valence-corrected chi connectivity index (χ4v) is 3.48. The average Bonchev–Trinajstić information content (AvgIpc) is 2.89. The molecule has 24 heavy (non-hydrogen) atoms. The monoisotopic (exact) mass is 331 g/mol. The predicted octanol–water partition coefficient (Wildman–Crippen LogP) is 3.18. The Balaban J connectivity index is 1.91. The second kappa shape index (κ2) is 7.77. The number of hydrogen-bond donors (Lipinski definition) is 1. The fourth-order valence-electron chi connectivity index (χ4n) is 3.48. The number of allylic oxidation sites excluding steroid dienone is 4. The summed E-state index contributed by atoms with van der Waals surface area (Å²) in [6, 6.07) is 0. The van der Waals surface area contributed by atoms with Gasteiger partial charge in [0.15, 0.2) is 0 Å². The van der Waals surface area contributed by atoms with Crippen molar-refractivity contribution in [1.29, 1.82) is 0 Å². The number of likely N-dealkylation sites (tertiary alicyclic amines) is 1. The summed E-state index contributed by atoms with van der Waals surface area (Å²) in [5.74, 6) is -0.195. The molecular formula is C19H29N3O2. The molecule has 1 fully saturated rings. The van der Waals surface area contributed by atoms with Crippen LogP contribution >= 0.6 is 0 Å². The van der Waals surface area contributed by atoms with Crippen LogP contribution in [-0.2, 0) is 9.59 Å². The molecule has 5 nitrogen and oxygen atoms in total. The number of hydrazone groups is 1. The third-order valence-corrected chi connectivity index (χ3v) is 4.90. The Bertz CT molecular complexity index is 600. The number of nitrogens with zero attached hydrogens (tertiary/aromatic N) is 2. The third-order valence-electron chi connectivity index (χ3n) is 4.90. The molecule has 0 aromatic rings. The predicted molar refractivity (Wildman–Crippen MR) is 96.5 cm³/mol. The van der Waals surface area contributed by atoms with E-state index in [1.54, 1.807) is 4.90 Å². The van der Waals surface area contributed by atoms with Crippen LogP contribution in [0, 0.1) is 5.41 Å². The fraction of sp³-hybridized carbons (Fsp3) is 0.632. The Morgan fingerprint density at radius 1 is 1.33 bits per heavy atom. The van der Waals surface area contributed by atoms with Crippen LogP contribution in [0.15, 0.2) is 28.4 Å². The van der Waals surface area contributed by atoms with Crippen LogP contribution in [0.2, 0.25) is 0 Å². The molecule has 0 spiro atoms. The summed E-state index contributed by atoms with van der Waals surface area (Å²) in [6.07, 6.45) is 9.05. The van der Waals surface area contributed by atoms with Gasteiger partial charge in [0.25, 0.3) is 5.91 Å². The topological polar surface area (TPSA) is 61.8 Å². The molecule has 0 saturated carbocycles. The molecule has 0 bridgehead atoms. The smallest absolute Gasteiger partial charge is 0.259 e. The third kappa shape index (κ3) is 4.79. The number of carbonyl (C=O) groups is 2. The molecule has 0 aromatic carbocycles. The molecule has 0 aromatic heterocycles. The number of rotatable bonds is 5. The zero-order valence-corrected chi connectivity index (χ0v) is 15.3.